The van der Waals surface area contributed by atoms with Crippen LogP contribution in [-0.2, 0) is 0 Å². The first-order chi connectivity index (χ1) is 1.00. The Morgan fingerprint density at radius 3 is 1.00 bits per heavy atom. The summed E-state index contributed by atoms with van der Waals surface area (Å²) in [5, 5.41) is 0. The lowest BCUT2D eigenvalue weighted by Gasteiger charge is -0.787. The van der Waals surface area contributed by atoms with E-state index in [1.54, 1.807) is 9.85 Å². The second-order valence-corrected chi connectivity index (χ2v) is 0. The fourth-order valence-corrected chi connectivity index (χ4v) is 0. The zero-order chi connectivity index (χ0) is 2.00. The van der Waals surface area contributed by atoms with E-state index in [1.807, 2.05) is 0 Å². The summed E-state index contributed by atoms with van der Waals surface area (Å²) in [4.78, 5) is 0. The van der Waals surface area contributed by atoms with Gasteiger partial charge in [-0.25, -0.2) is 0 Å². The topological polar surface area (TPSA) is 63.0 Å². The molecule has 0 aliphatic heterocycles. The lowest BCUT2D eigenvalue weighted by atomic mass is 12.0. The molecule has 0 spiro atoms. The minimum atomic E-state index is 0. The highest BCUT2D eigenvalue weighted by Gasteiger charge is 0.630. The molecule has 4 heavy (non-hydrogen) atoms. The molecule has 2 nitrogen and oxygen atoms in total. The summed E-state index contributed by atoms with van der Waals surface area (Å²) in [5.74, 6) is 0. The molecule has 0 saturated carbocycles. The summed E-state index contributed by atoms with van der Waals surface area (Å²) >= 11 is 0. The minimum Gasteiger partial charge on any atom is -0.412 e. The molecule has 0 rings (SSSR count). The van der Waals surface area contributed by atoms with Crippen molar-refractivity contribution >= 4 is 16.0 Å². The summed E-state index contributed by atoms with van der Waals surface area (Å²) in [6.45, 7) is 0. The van der Waals surface area contributed by atoms with Crippen molar-refractivity contribution in [1.29, 1.82) is 0 Å². The fourth-order valence-electron chi connectivity index (χ4n) is 0. The Hall–Kier alpha value is 0.00688. The van der Waals surface area contributed by atoms with Gasteiger partial charge in [-0.05, 0) is 9.85 Å². The maximum atomic E-state index is 3.28. The van der Waals surface area contributed by atoms with Gasteiger partial charge in [0, 0.05) is 0 Å². The van der Waals surface area contributed by atoms with Gasteiger partial charge >= 0.3 is 0 Å². The highest BCUT2D eigenvalue weighted by atomic mass is 28.1. The maximum Gasteiger partial charge on any atom is -0.0328 e. The molecule has 0 aliphatic carbocycles. The fraction of sp³-hybridized carbons (Fsp3) is 0. The van der Waals surface area contributed by atoms with E-state index in [1.165, 1.54) is 0 Å². The van der Waals surface area contributed by atoms with Gasteiger partial charge in [-0.3, -0.25) is 0 Å². The van der Waals surface area contributed by atoms with E-state index < -0.39 is 0 Å². The Labute approximate surface area is 28.1 Å². The molecular weight excluding hydrogens is 72.1 g/mol. The molecule has 0 aromatic heterocycles. The normalized spacial score (nSPS) is 1.00. The first-order valence-corrected chi connectivity index (χ1v) is 1.50. The van der Waals surface area contributed by atoms with Crippen molar-refractivity contribution < 1.29 is 11.0 Å². The lowest BCUT2D eigenvalue weighted by molar-refractivity contribution is 0.823. The second-order valence-electron chi connectivity index (χ2n) is 0. The van der Waals surface area contributed by atoms with Crippen LogP contribution in [0.1, 0.15) is 0 Å². The van der Waals surface area contributed by atoms with Crippen LogP contribution in [0.15, 0.2) is 0 Å². The average Bonchev–Trinajstić information content (AvgIpc) is 1.00. The smallest absolute Gasteiger partial charge is 0.0328 e. The quantitative estimate of drug-likeness (QED) is 0.286. The highest BCUT2D eigenvalue weighted by Crippen LogP contribution is 0.379. The predicted octanol–water partition coefficient (Wildman–Crippen LogP) is -2.60. The van der Waals surface area contributed by atoms with E-state index in [2.05, 4.69) is 6.17 Å². The molecule has 3 heteroatoms. The molecule has 0 radical (unpaired) electrons. The lowest BCUT2D eigenvalue weighted by Crippen LogP contribution is -1.04. The average molecular weight is 80.2 g/mol. The van der Waals surface area contributed by atoms with Gasteiger partial charge in [-0.1, -0.05) is 0 Å². The first-order valence-electron chi connectivity index (χ1n) is 0.500. The van der Waals surface area contributed by atoms with Crippen molar-refractivity contribution in [1.82, 2.24) is 0 Å². The van der Waals surface area contributed by atoms with Gasteiger partial charge in [-0.2, -0.15) is 0 Å². The molecule has 0 saturated heterocycles. The monoisotopic (exact) mass is 80.0 g/mol. The molecule has 4 N–H and O–H groups in total. The largest absolute Gasteiger partial charge is 0.412 e. The molecule has 0 bridgehead atoms. The van der Waals surface area contributed by atoms with E-state index in [4.69, 9.17) is 0 Å². The van der Waals surface area contributed by atoms with E-state index in [0.29, 0.717) is 0 Å². The summed E-state index contributed by atoms with van der Waals surface area (Å²) in [5.41, 5.74) is 0. The maximum absolute atomic E-state index is 3.28. The zero-order valence-electron chi connectivity index (χ0n) is 2.41. The van der Waals surface area contributed by atoms with Crippen molar-refractivity contribution in [3.05, 3.63) is 0 Å². The molecule has 28 valence electrons. The highest BCUT2D eigenvalue weighted by molar-refractivity contribution is 6.18. The van der Waals surface area contributed by atoms with Gasteiger partial charge in [0.25, 0.3) is 0 Å². The molecule has 0 fully saturated rings. The van der Waals surface area contributed by atoms with Crippen LogP contribution in [0, 0.1) is 0 Å². The third-order valence-corrected chi connectivity index (χ3v) is 0. The van der Waals surface area contributed by atoms with Crippen LogP contribution in [0.25, 0.3) is 0 Å². The van der Waals surface area contributed by atoms with Gasteiger partial charge in [0.15, 0.2) is 0 Å². The summed E-state index contributed by atoms with van der Waals surface area (Å²) in [7, 11) is 1.61. The van der Waals surface area contributed by atoms with E-state index in [9.17, 15) is 0 Å². The molecule has 0 unspecified atom stereocenters. The van der Waals surface area contributed by atoms with Crippen LogP contribution >= 0.6 is 0 Å². The van der Waals surface area contributed by atoms with Crippen molar-refractivity contribution in [3.63, 3.8) is 0 Å². The number of hydrogen-bond acceptors (Lipinski definition) is 0. The van der Waals surface area contributed by atoms with Crippen molar-refractivity contribution in [3.8, 4) is 0 Å². The van der Waals surface area contributed by atoms with Gasteiger partial charge < -0.3 is 11.0 Å². The van der Waals surface area contributed by atoms with Crippen LogP contribution in [0.2, 0.25) is 0 Å². The SMILES string of the molecule is C=[SiH2].O.O. The van der Waals surface area contributed by atoms with E-state index in [0.717, 1.165) is 0 Å². The van der Waals surface area contributed by atoms with Gasteiger partial charge in [0.05, 0.1) is 0 Å². The Bertz CT molecular complexity index is 6.00. The zero-order valence-corrected chi connectivity index (χ0v) is 3.83. The third kappa shape index (κ3) is 42900. The van der Waals surface area contributed by atoms with Crippen molar-refractivity contribution in [2.45, 2.75) is 0 Å². The van der Waals surface area contributed by atoms with Gasteiger partial charge in [0.2, 0.25) is 0 Å². The van der Waals surface area contributed by atoms with Crippen LogP contribution in [0.5, 0.6) is 0 Å². The predicted molar refractivity (Wildman–Crippen MR) is 22.9 cm³/mol. The van der Waals surface area contributed by atoms with E-state index in [-0.39, 0.29) is 11.0 Å². The summed E-state index contributed by atoms with van der Waals surface area (Å²) in [6.07, 6.45) is 3.28. The minimum absolute atomic E-state index is 0. The molecule has 0 aromatic carbocycles. The Morgan fingerprint density at radius 1 is 1.00 bits per heavy atom. The Balaban J connectivity index is -0.00000000500. The van der Waals surface area contributed by atoms with Crippen molar-refractivity contribution in [2.75, 3.05) is 0 Å². The molecular formula is CH8O2Si. The molecule has 0 amide bonds. The molecule has 0 aliphatic rings. The number of hydrogen-bond donors (Lipinski definition) is 0. The molecule has 0 heterocycles. The summed E-state index contributed by atoms with van der Waals surface area (Å²) in [6, 6.07) is 0. The molecule has 0 aromatic rings. The van der Waals surface area contributed by atoms with Gasteiger partial charge in [-0.15, -0.1) is 6.17 Å². The van der Waals surface area contributed by atoms with E-state index >= 15 is 0 Å². The third-order valence-electron chi connectivity index (χ3n) is 0. The standard InChI is InChI=1S/CH4Si.2H2O/c1-2;;/h1-2H2;2*1H2. The van der Waals surface area contributed by atoms with Crippen LogP contribution in [0.4, 0.5) is 0 Å². The van der Waals surface area contributed by atoms with Crippen molar-refractivity contribution in [2.24, 2.45) is 0 Å². The summed E-state index contributed by atoms with van der Waals surface area (Å²) < 4.78 is 0. The first kappa shape index (κ1) is 35.7. The van der Waals surface area contributed by atoms with Crippen LogP contribution < -0.4 is 0 Å². The Morgan fingerprint density at radius 2 is 1.00 bits per heavy atom. The van der Waals surface area contributed by atoms with Crippen LogP contribution in [0.3, 0.4) is 0 Å². The van der Waals surface area contributed by atoms with Crippen LogP contribution in [-0.4, -0.2) is 27.0 Å². The Kier molecular flexibility index (Phi) is 2280000. The van der Waals surface area contributed by atoms with Gasteiger partial charge in [0.1, 0.15) is 0 Å². The number of rotatable bonds is 0. The molecule has 0 atom stereocenters. The second kappa shape index (κ2) is 256000.